The van der Waals surface area contributed by atoms with E-state index in [0.29, 0.717) is 6.61 Å². The summed E-state index contributed by atoms with van der Waals surface area (Å²) in [6.07, 6.45) is 2.76. The van der Waals surface area contributed by atoms with Crippen molar-refractivity contribution in [3.8, 4) is 0 Å². The van der Waals surface area contributed by atoms with Crippen LogP contribution in [-0.2, 0) is 11.3 Å². The Kier molecular flexibility index (Phi) is 7.53. The highest BCUT2D eigenvalue weighted by atomic mass is 79.9. The number of ether oxygens (including phenoxy) is 1. The zero-order valence-electron chi connectivity index (χ0n) is 9.72. The molecule has 1 aromatic rings. The molecule has 1 N–H and O–H groups in total. The number of benzene rings is 1. The Morgan fingerprint density at radius 1 is 1.41 bits per heavy atom. The predicted molar refractivity (Wildman–Crippen MR) is 76.5 cm³/mol. The van der Waals surface area contributed by atoms with Crippen LogP contribution in [0.4, 0.5) is 0 Å². The van der Waals surface area contributed by atoms with E-state index in [1.165, 1.54) is 0 Å². The fourth-order valence-electron chi connectivity index (χ4n) is 1.31. The monoisotopic (exact) mass is 317 g/mol. The Labute approximate surface area is 116 Å². The van der Waals surface area contributed by atoms with E-state index < -0.39 is 0 Å². The standard InChI is InChI=1S/C13H17BrClNO/c1-2-3-7-17-8-6-16-10-11-9-12(14)4-5-13(11)15/h2,4-5,9,16H,1,3,6-8,10H2. The first-order chi connectivity index (χ1) is 8.24. The van der Waals surface area contributed by atoms with Gasteiger partial charge in [-0.05, 0) is 30.2 Å². The first kappa shape index (κ1) is 14.7. The molecule has 1 aromatic carbocycles. The van der Waals surface area contributed by atoms with Crippen molar-refractivity contribution in [3.05, 3.63) is 45.9 Å². The lowest BCUT2D eigenvalue weighted by atomic mass is 10.2. The van der Waals surface area contributed by atoms with E-state index in [4.69, 9.17) is 16.3 Å². The third kappa shape index (κ3) is 6.22. The van der Waals surface area contributed by atoms with Crippen molar-refractivity contribution in [2.24, 2.45) is 0 Å². The largest absolute Gasteiger partial charge is 0.380 e. The van der Waals surface area contributed by atoms with Crippen LogP contribution in [0.15, 0.2) is 35.3 Å². The zero-order valence-corrected chi connectivity index (χ0v) is 12.1. The van der Waals surface area contributed by atoms with Gasteiger partial charge < -0.3 is 10.1 Å². The Hall–Kier alpha value is -0.350. The van der Waals surface area contributed by atoms with E-state index in [1.54, 1.807) is 0 Å². The first-order valence-electron chi connectivity index (χ1n) is 5.57. The lowest BCUT2D eigenvalue weighted by Gasteiger charge is -2.07. The van der Waals surface area contributed by atoms with Crippen molar-refractivity contribution in [1.29, 1.82) is 0 Å². The van der Waals surface area contributed by atoms with Gasteiger partial charge in [-0.3, -0.25) is 0 Å². The van der Waals surface area contributed by atoms with Gasteiger partial charge in [0.25, 0.3) is 0 Å². The molecule has 2 nitrogen and oxygen atoms in total. The summed E-state index contributed by atoms with van der Waals surface area (Å²) in [7, 11) is 0. The highest BCUT2D eigenvalue weighted by Crippen LogP contribution is 2.20. The van der Waals surface area contributed by atoms with Crippen LogP contribution in [0, 0.1) is 0 Å². The molecule has 1 rings (SSSR count). The highest BCUT2D eigenvalue weighted by molar-refractivity contribution is 9.10. The molecule has 0 spiro atoms. The van der Waals surface area contributed by atoms with Crippen LogP contribution < -0.4 is 5.32 Å². The van der Waals surface area contributed by atoms with E-state index in [9.17, 15) is 0 Å². The summed E-state index contributed by atoms with van der Waals surface area (Å²) in [5.41, 5.74) is 1.09. The summed E-state index contributed by atoms with van der Waals surface area (Å²) >= 11 is 9.50. The van der Waals surface area contributed by atoms with Crippen molar-refractivity contribution in [2.75, 3.05) is 19.8 Å². The van der Waals surface area contributed by atoms with Crippen LogP contribution in [0.2, 0.25) is 5.02 Å². The third-order valence-corrected chi connectivity index (χ3v) is 3.07. The topological polar surface area (TPSA) is 21.3 Å². The van der Waals surface area contributed by atoms with Crippen molar-refractivity contribution >= 4 is 27.5 Å². The molecule has 0 aromatic heterocycles. The van der Waals surface area contributed by atoms with Gasteiger partial charge in [-0.1, -0.05) is 33.6 Å². The Morgan fingerprint density at radius 3 is 3.00 bits per heavy atom. The van der Waals surface area contributed by atoms with E-state index in [0.717, 1.165) is 41.2 Å². The number of halogens is 2. The Bertz CT molecular complexity index is 357. The van der Waals surface area contributed by atoms with Gasteiger partial charge in [-0.2, -0.15) is 0 Å². The SMILES string of the molecule is C=CCCOCCNCc1cc(Br)ccc1Cl. The molecule has 0 aliphatic carbocycles. The average Bonchev–Trinajstić information content (AvgIpc) is 2.32. The van der Waals surface area contributed by atoms with Gasteiger partial charge in [0.15, 0.2) is 0 Å². The molecule has 0 heterocycles. The molecule has 0 saturated carbocycles. The molecule has 4 heteroatoms. The molecule has 0 atom stereocenters. The summed E-state index contributed by atoms with van der Waals surface area (Å²) in [4.78, 5) is 0. The van der Waals surface area contributed by atoms with E-state index in [-0.39, 0.29) is 0 Å². The van der Waals surface area contributed by atoms with Gasteiger partial charge in [-0.25, -0.2) is 0 Å². The van der Waals surface area contributed by atoms with E-state index in [1.807, 2.05) is 24.3 Å². The molecule has 0 fully saturated rings. The molecule has 0 unspecified atom stereocenters. The van der Waals surface area contributed by atoms with Gasteiger partial charge in [0.05, 0.1) is 13.2 Å². The van der Waals surface area contributed by atoms with Gasteiger partial charge in [-0.15, -0.1) is 6.58 Å². The van der Waals surface area contributed by atoms with Gasteiger partial charge >= 0.3 is 0 Å². The van der Waals surface area contributed by atoms with Crippen LogP contribution in [0.3, 0.4) is 0 Å². The molecular weight excluding hydrogens is 302 g/mol. The molecule has 0 saturated heterocycles. The maximum atomic E-state index is 6.07. The number of rotatable bonds is 8. The molecule has 0 aliphatic rings. The minimum absolute atomic E-state index is 0.708. The molecule has 94 valence electrons. The van der Waals surface area contributed by atoms with Crippen LogP contribution in [0.25, 0.3) is 0 Å². The highest BCUT2D eigenvalue weighted by Gasteiger charge is 2.00. The van der Waals surface area contributed by atoms with Crippen molar-refractivity contribution in [1.82, 2.24) is 5.32 Å². The number of hydrogen-bond acceptors (Lipinski definition) is 2. The quantitative estimate of drug-likeness (QED) is 0.582. The second kappa shape index (κ2) is 8.70. The second-order valence-corrected chi connectivity index (χ2v) is 4.93. The summed E-state index contributed by atoms with van der Waals surface area (Å²) in [6.45, 7) is 6.66. The normalized spacial score (nSPS) is 10.5. The molecule has 0 amide bonds. The molecule has 0 aliphatic heterocycles. The van der Waals surface area contributed by atoms with E-state index >= 15 is 0 Å². The summed E-state index contributed by atoms with van der Waals surface area (Å²) in [5.74, 6) is 0. The van der Waals surface area contributed by atoms with Crippen LogP contribution in [0.1, 0.15) is 12.0 Å². The van der Waals surface area contributed by atoms with Gasteiger partial charge in [0.1, 0.15) is 0 Å². The smallest absolute Gasteiger partial charge is 0.0591 e. The van der Waals surface area contributed by atoms with Crippen LogP contribution in [-0.4, -0.2) is 19.8 Å². The minimum atomic E-state index is 0.708. The maximum Gasteiger partial charge on any atom is 0.0591 e. The van der Waals surface area contributed by atoms with Crippen molar-refractivity contribution in [2.45, 2.75) is 13.0 Å². The van der Waals surface area contributed by atoms with Crippen LogP contribution >= 0.6 is 27.5 Å². The Balaban J connectivity index is 2.17. The maximum absolute atomic E-state index is 6.07. The van der Waals surface area contributed by atoms with Crippen LogP contribution in [0.5, 0.6) is 0 Å². The minimum Gasteiger partial charge on any atom is -0.380 e. The molecule has 0 radical (unpaired) electrons. The zero-order chi connectivity index (χ0) is 12.5. The van der Waals surface area contributed by atoms with E-state index in [2.05, 4.69) is 27.8 Å². The fourth-order valence-corrected chi connectivity index (χ4v) is 1.91. The summed E-state index contributed by atoms with van der Waals surface area (Å²) in [6, 6.07) is 5.85. The fraction of sp³-hybridized carbons (Fsp3) is 0.385. The van der Waals surface area contributed by atoms with Crippen molar-refractivity contribution in [3.63, 3.8) is 0 Å². The number of hydrogen-bond donors (Lipinski definition) is 1. The lowest BCUT2D eigenvalue weighted by molar-refractivity contribution is 0.140. The van der Waals surface area contributed by atoms with Crippen molar-refractivity contribution < 1.29 is 4.74 Å². The van der Waals surface area contributed by atoms with Gasteiger partial charge in [0, 0.05) is 22.6 Å². The second-order valence-electron chi connectivity index (χ2n) is 3.60. The lowest BCUT2D eigenvalue weighted by Crippen LogP contribution is -2.19. The molecule has 17 heavy (non-hydrogen) atoms. The summed E-state index contributed by atoms with van der Waals surface area (Å²) < 4.78 is 6.43. The Morgan fingerprint density at radius 2 is 2.24 bits per heavy atom. The molecule has 0 bridgehead atoms. The number of nitrogens with one attached hydrogen (secondary N) is 1. The third-order valence-electron chi connectivity index (χ3n) is 2.21. The predicted octanol–water partition coefficient (Wildman–Crippen LogP) is 3.78. The molecular formula is C13H17BrClNO. The summed E-state index contributed by atoms with van der Waals surface area (Å²) in [5, 5.41) is 4.08. The first-order valence-corrected chi connectivity index (χ1v) is 6.74. The average molecular weight is 319 g/mol. The van der Waals surface area contributed by atoms with Gasteiger partial charge in [0.2, 0.25) is 0 Å².